The van der Waals surface area contributed by atoms with E-state index >= 15 is 0 Å². The minimum absolute atomic E-state index is 0.216. The number of halogens is 1. The number of hydrogen-bond donors (Lipinski definition) is 1. The Morgan fingerprint density at radius 3 is 2.38 bits per heavy atom. The van der Waals surface area contributed by atoms with Gasteiger partial charge in [-0.15, -0.1) is 0 Å². The standard InChI is InChI=1S/C14H22FN3O2S/c1-11(2)10-17-5-7-18(8-6-17)21(19,20)14-4-3-12(16)9-13(14)15/h3-4,9,11H,5-8,10,16H2,1-2H3. The molecule has 1 aromatic rings. The second-order valence-electron chi connectivity index (χ2n) is 5.79. The summed E-state index contributed by atoms with van der Waals surface area (Å²) < 4.78 is 40.1. The van der Waals surface area contributed by atoms with Gasteiger partial charge in [0.15, 0.2) is 0 Å². The van der Waals surface area contributed by atoms with E-state index in [2.05, 4.69) is 18.7 Å². The molecule has 21 heavy (non-hydrogen) atoms. The quantitative estimate of drug-likeness (QED) is 0.852. The van der Waals surface area contributed by atoms with Gasteiger partial charge >= 0.3 is 0 Å². The number of nitrogen functional groups attached to an aromatic ring is 1. The molecule has 0 unspecified atom stereocenters. The van der Waals surface area contributed by atoms with E-state index in [4.69, 9.17) is 5.73 Å². The molecule has 0 aromatic heterocycles. The van der Waals surface area contributed by atoms with Gasteiger partial charge in [0, 0.05) is 38.4 Å². The van der Waals surface area contributed by atoms with Gasteiger partial charge in [-0.05, 0) is 24.1 Å². The van der Waals surface area contributed by atoms with Crippen molar-refractivity contribution in [3.05, 3.63) is 24.0 Å². The summed E-state index contributed by atoms with van der Waals surface area (Å²) in [5.41, 5.74) is 5.67. The zero-order chi connectivity index (χ0) is 15.6. The summed E-state index contributed by atoms with van der Waals surface area (Å²) in [6.45, 7) is 7.34. The summed E-state index contributed by atoms with van der Waals surface area (Å²) in [4.78, 5) is 1.93. The summed E-state index contributed by atoms with van der Waals surface area (Å²) in [5, 5.41) is 0. The maximum atomic E-state index is 13.9. The van der Waals surface area contributed by atoms with Crippen molar-refractivity contribution in [3.8, 4) is 0 Å². The van der Waals surface area contributed by atoms with E-state index in [1.807, 2.05) is 0 Å². The third-order valence-corrected chi connectivity index (χ3v) is 5.46. The molecule has 1 aliphatic heterocycles. The van der Waals surface area contributed by atoms with Crippen LogP contribution >= 0.6 is 0 Å². The van der Waals surface area contributed by atoms with Crippen molar-refractivity contribution in [1.82, 2.24) is 9.21 Å². The maximum Gasteiger partial charge on any atom is 0.246 e. The largest absolute Gasteiger partial charge is 0.399 e. The van der Waals surface area contributed by atoms with Crippen LogP contribution in [0.1, 0.15) is 13.8 Å². The number of nitrogens with zero attached hydrogens (tertiary/aromatic N) is 2. The van der Waals surface area contributed by atoms with Gasteiger partial charge in [0.05, 0.1) is 0 Å². The minimum Gasteiger partial charge on any atom is -0.399 e. The van der Waals surface area contributed by atoms with Gasteiger partial charge in [0.1, 0.15) is 10.7 Å². The molecule has 118 valence electrons. The van der Waals surface area contributed by atoms with Crippen LogP contribution in [0, 0.1) is 11.7 Å². The topological polar surface area (TPSA) is 66.6 Å². The molecule has 0 amide bonds. The van der Waals surface area contributed by atoms with E-state index in [1.54, 1.807) is 0 Å². The van der Waals surface area contributed by atoms with Gasteiger partial charge in [-0.3, -0.25) is 0 Å². The number of piperazine rings is 1. The van der Waals surface area contributed by atoms with Crippen molar-refractivity contribution in [2.75, 3.05) is 38.5 Å². The lowest BCUT2D eigenvalue weighted by atomic mass is 10.2. The van der Waals surface area contributed by atoms with E-state index in [1.165, 1.54) is 16.4 Å². The highest BCUT2D eigenvalue weighted by molar-refractivity contribution is 7.89. The summed E-state index contributed by atoms with van der Waals surface area (Å²) >= 11 is 0. The zero-order valence-corrected chi connectivity index (χ0v) is 13.2. The highest BCUT2D eigenvalue weighted by Crippen LogP contribution is 2.22. The molecule has 2 rings (SSSR count). The molecule has 0 aliphatic carbocycles. The molecule has 0 radical (unpaired) electrons. The van der Waals surface area contributed by atoms with Crippen molar-refractivity contribution in [2.24, 2.45) is 5.92 Å². The number of rotatable bonds is 4. The van der Waals surface area contributed by atoms with E-state index in [0.29, 0.717) is 32.1 Å². The predicted molar refractivity (Wildman–Crippen MR) is 80.8 cm³/mol. The zero-order valence-electron chi connectivity index (χ0n) is 12.4. The molecule has 1 heterocycles. The van der Waals surface area contributed by atoms with Gasteiger partial charge < -0.3 is 10.6 Å². The first-order valence-electron chi connectivity index (χ1n) is 7.08. The summed E-state index contributed by atoms with van der Waals surface area (Å²) in [6, 6.07) is 3.69. The highest BCUT2D eigenvalue weighted by Gasteiger charge is 2.30. The molecule has 0 saturated carbocycles. The van der Waals surface area contributed by atoms with Crippen LogP contribution in [-0.4, -0.2) is 50.3 Å². The van der Waals surface area contributed by atoms with Crippen molar-refractivity contribution in [2.45, 2.75) is 18.7 Å². The van der Waals surface area contributed by atoms with Gasteiger partial charge in [-0.2, -0.15) is 4.31 Å². The average Bonchev–Trinajstić information content (AvgIpc) is 2.38. The first kappa shape index (κ1) is 16.2. The summed E-state index contributed by atoms with van der Waals surface area (Å²) in [6.07, 6.45) is 0. The van der Waals surface area contributed by atoms with Crippen LogP contribution in [0.15, 0.2) is 23.1 Å². The Kier molecular flexibility index (Phi) is 4.85. The number of hydrogen-bond acceptors (Lipinski definition) is 4. The van der Waals surface area contributed by atoms with Crippen molar-refractivity contribution in [1.29, 1.82) is 0 Å². The normalized spacial score (nSPS) is 18.3. The summed E-state index contributed by atoms with van der Waals surface area (Å²) in [5.74, 6) is -0.248. The Hall–Kier alpha value is -1.18. The number of anilines is 1. The Balaban J connectivity index is 2.11. The van der Waals surface area contributed by atoms with Crippen molar-refractivity contribution < 1.29 is 12.8 Å². The van der Waals surface area contributed by atoms with Crippen LogP contribution in [0.4, 0.5) is 10.1 Å². The van der Waals surface area contributed by atoms with E-state index < -0.39 is 15.8 Å². The molecule has 1 aromatic carbocycles. The molecule has 5 nitrogen and oxygen atoms in total. The monoisotopic (exact) mass is 315 g/mol. The van der Waals surface area contributed by atoms with E-state index in [9.17, 15) is 12.8 Å². The molecule has 7 heteroatoms. The molecular formula is C14H22FN3O2S. The van der Waals surface area contributed by atoms with Crippen LogP contribution < -0.4 is 5.73 Å². The molecule has 2 N–H and O–H groups in total. The molecule has 1 fully saturated rings. The first-order chi connectivity index (χ1) is 9.80. The fraction of sp³-hybridized carbons (Fsp3) is 0.571. The Morgan fingerprint density at radius 2 is 1.86 bits per heavy atom. The number of sulfonamides is 1. The fourth-order valence-electron chi connectivity index (χ4n) is 2.53. The molecule has 0 bridgehead atoms. The molecular weight excluding hydrogens is 293 g/mol. The first-order valence-corrected chi connectivity index (χ1v) is 8.52. The molecule has 0 atom stereocenters. The fourth-order valence-corrected chi connectivity index (χ4v) is 4.00. The predicted octanol–water partition coefficient (Wildman–Crippen LogP) is 1.37. The maximum absolute atomic E-state index is 13.9. The smallest absolute Gasteiger partial charge is 0.246 e. The van der Waals surface area contributed by atoms with Crippen LogP contribution in [-0.2, 0) is 10.0 Å². The second-order valence-corrected chi connectivity index (χ2v) is 7.69. The SMILES string of the molecule is CC(C)CN1CCN(S(=O)(=O)c2ccc(N)cc2F)CC1. The lowest BCUT2D eigenvalue weighted by Gasteiger charge is -2.34. The Morgan fingerprint density at radius 1 is 1.24 bits per heavy atom. The lowest BCUT2D eigenvalue weighted by Crippen LogP contribution is -2.49. The van der Waals surface area contributed by atoms with Crippen LogP contribution in [0.25, 0.3) is 0 Å². The third-order valence-electron chi connectivity index (χ3n) is 3.53. The van der Waals surface area contributed by atoms with Crippen molar-refractivity contribution in [3.63, 3.8) is 0 Å². The van der Waals surface area contributed by atoms with Crippen LogP contribution in [0.2, 0.25) is 0 Å². The van der Waals surface area contributed by atoms with Crippen molar-refractivity contribution >= 4 is 15.7 Å². The second kappa shape index (κ2) is 6.29. The number of benzene rings is 1. The van der Waals surface area contributed by atoms with Gasteiger partial charge in [0.2, 0.25) is 10.0 Å². The highest BCUT2D eigenvalue weighted by atomic mass is 32.2. The summed E-state index contributed by atoms with van der Waals surface area (Å²) in [7, 11) is -3.79. The molecule has 0 spiro atoms. The minimum atomic E-state index is -3.79. The Labute approximate surface area is 125 Å². The number of nitrogens with two attached hydrogens (primary N) is 1. The molecule has 1 saturated heterocycles. The lowest BCUT2D eigenvalue weighted by molar-refractivity contribution is 0.172. The molecule has 1 aliphatic rings. The van der Waals surface area contributed by atoms with E-state index in [0.717, 1.165) is 12.6 Å². The van der Waals surface area contributed by atoms with Gasteiger partial charge in [-0.1, -0.05) is 13.8 Å². The van der Waals surface area contributed by atoms with Gasteiger partial charge in [0.25, 0.3) is 0 Å². The van der Waals surface area contributed by atoms with Crippen LogP contribution in [0.3, 0.4) is 0 Å². The van der Waals surface area contributed by atoms with Gasteiger partial charge in [-0.25, -0.2) is 12.8 Å². The average molecular weight is 315 g/mol. The van der Waals surface area contributed by atoms with Crippen LogP contribution in [0.5, 0.6) is 0 Å². The Bertz CT molecular complexity index is 596. The third kappa shape index (κ3) is 3.72. The van der Waals surface area contributed by atoms with E-state index in [-0.39, 0.29) is 10.6 Å².